The van der Waals surface area contributed by atoms with E-state index in [4.69, 9.17) is 16.3 Å². The molecule has 142 valence electrons. The SMILES string of the molecule is COc1ccc(Cl)cc1NC(=O)CCNC(=O)CC1CC2CCC(C1)N2. The second-order valence-corrected chi connectivity index (χ2v) is 7.61. The van der Waals surface area contributed by atoms with Crippen molar-refractivity contribution in [3.05, 3.63) is 23.2 Å². The zero-order valence-corrected chi connectivity index (χ0v) is 15.8. The molecule has 0 radical (unpaired) electrons. The molecule has 2 atom stereocenters. The van der Waals surface area contributed by atoms with Crippen LogP contribution in [0.25, 0.3) is 0 Å². The van der Waals surface area contributed by atoms with Gasteiger partial charge in [0.25, 0.3) is 0 Å². The standard InChI is InChI=1S/C19H26ClN3O3/c1-26-17-5-2-13(20)11-16(17)23-18(24)6-7-21-19(25)10-12-8-14-3-4-15(9-12)22-14/h2,5,11-12,14-15,22H,3-4,6-10H2,1H3,(H,21,25)(H,23,24). The Morgan fingerprint density at radius 1 is 1.23 bits per heavy atom. The van der Waals surface area contributed by atoms with Gasteiger partial charge in [-0.1, -0.05) is 11.6 Å². The molecule has 3 rings (SSSR count). The van der Waals surface area contributed by atoms with Gasteiger partial charge in [-0.2, -0.15) is 0 Å². The summed E-state index contributed by atoms with van der Waals surface area (Å²) in [4.78, 5) is 24.2. The van der Waals surface area contributed by atoms with E-state index in [9.17, 15) is 9.59 Å². The first-order valence-electron chi connectivity index (χ1n) is 9.19. The molecule has 26 heavy (non-hydrogen) atoms. The highest BCUT2D eigenvalue weighted by atomic mass is 35.5. The Morgan fingerprint density at radius 2 is 1.96 bits per heavy atom. The van der Waals surface area contributed by atoms with Gasteiger partial charge in [0.05, 0.1) is 12.8 Å². The maximum atomic E-state index is 12.1. The highest BCUT2D eigenvalue weighted by Gasteiger charge is 2.34. The molecule has 0 aromatic heterocycles. The molecular formula is C19H26ClN3O3. The largest absolute Gasteiger partial charge is 0.495 e. The summed E-state index contributed by atoms with van der Waals surface area (Å²) in [5.41, 5.74) is 0.529. The van der Waals surface area contributed by atoms with Gasteiger partial charge >= 0.3 is 0 Å². The third kappa shape index (κ3) is 5.11. The molecule has 2 aliphatic rings. The van der Waals surface area contributed by atoms with E-state index in [1.54, 1.807) is 18.2 Å². The maximum Gasteiger partial charge on any atom is 0.226 e. The van der Waals surface area contributed by atoms with Crippen LogP contribution in [0.4, 0.5) is 5.69 Å². The molecule has 7 heteroatoms. The number of hydrogen-bond donors (Lipinski definition) is 3. The van der Waals surface area contributed by atoms with E-state index in [1.165, 1.54) is 20.0 Å². The molecule has 2 saturated heterocycles. The molecule has 2 heterocycles. The number of amides is 2. The number of fused-ring (bicyclic) bond motifs is 2. The van der Waals surface area contributed by atoms with Gasteiger partial charge in [0.2, 0.25) is 11.8 Å². The number of methoxy groups -OCH3 is 1. The Kier molecular flexibility index (Phi) is 6.38. The first-order valence-corrected chi connectivity index (χ1v) is 9.57. The van der Waals surface area contributed by atoms with Gasteiger partial charge in [-0.05, 0) is 49.8 Å². The van der Waals surface area contributed by atoms with E-state index in [-0.39, 0.29) is 18.2 Å². The summed E-state index contributed by atoms with van der Waals surface area (Å²) in [6.07, 6.45) is 5.39. The average molecular weight is 380 g/mol. The van der Waals surface area contributed by atoms with E-state index < -0.39 is 0 Å². The number of carbonyl (C=O) groups is 2. The minimum Gasteiger partial charge on any atom is -0.495 e. The van der Waals surface area contributed by atoms with E-state index in [0.717, 1.165) is 12.8 Å². The lowest BCUT2D eigenvalue weighted by molar-refractivity contribution is -0.122. The normalized spacial score (nSPS) is 24.2. The van der Waals surface area contributed by atoms with Crippen LogP contribution in [0.1, 0.15) is 38.5 Å². The quantitative estimate of drug-likeness (QED) is 0.680. The molecule has 2 fully saturated rings. The van der Waals surface area contributed by atoms with Gasteiger partial charge in [0.15, 0.2) is 0 Å². The second kappa shape index (κ2) is 8.73. The van der Waals surface area contributed by atoms with Crippen molar-refractivity contribution in [3.8, 4) is 5.75 Å². The number of hydrogen-bond acceptors (Lipinski definition) is 4. The molecule has 0 aliphatic carbocycles. The molecular weight excluding hydrogens is 354 g/mol. The number of carbonyl (C=O) groups excluding carboxylic acids is 2. The minimum absolute atomic E-state index is 0.0319. The van der Waals surface area contributed by atoms with Crippen LogP contribution in [0.2, 0.25) is 5.02 Å². The lowest BCUT2D eigenvalue weighted by atomic mass is 9.89. The topological polar surface area (TPSA) is 79.5 Å². The fourth-order valence-electron chi connectivity index (χ4n) is 3.98. The Hall–Kier alpha value is -1.79. The zero-order chi connectivity index (χ0) is 18.5. The van der Waals surface area contributed by atoms with Crippen molar-refractivity contribution < 1.29 is 14.3 Å². The fraction of sp³-hybridized carbons (Fsp3) is 0.579. The molecule has 0 saturated carbocycles. The van der Waals surface area contributed by atoms with Crippen molar-refractivity contribution in [1.82, 2.24) is 10.6 Å². The number of piperidine rings is 1. The summed E-state index contributed by atoms with van der Waals surface area (Å²) in [5.74, 6) is 0.848. The molecule has 2 bridgehead atoms. The van der Waals surface area contributed by atoms with Gasteiger partial charge in [-0.3, -0.25) is 9.59 Å². The van der Waals surface area contributed by atoms with Crippen LogP contribution in [0.5, 0.6) is 5.75 Å². The first-order chi connectivity index (χ1) is 12.5. The molecule has 2 unspecified atom stereocenters. The summed E-state index contributed by atoms with van der Waals surface area (Å²) in [7, 11) is 1.53. The molecule has 3 N–H and O–H groups in total. The second-order valence-electron chi connectivity index (χ2n) is 7.17. The Balaban J connectivity index is 1.38. The summed E-state index contributed by atoms with van der Waals surface area (Å²) in [6, 6.07) is 6.22. The summed E-state index contributed by atoms with van der Waals surface area (Å²) in [6.45, 7) is 0.325. The van der Waals surface area contributed by atoms with Gasteiger partial charge < -0.3 is 20.7 Å². The monoisotopic (exact) mass is 379 g/mol. The van der Waals surface area contributed by atoms with Crippen LogP contribution in [-0.4, -0.2) is 37.6 Å². The smallest absolute Gasteiger partial charge is 0.226 e. The van der Waals surface area contributed by atoms with Crippen molar-refractivity contribution in [2.45, 2.75) is 50.6 Å². The molecule has 2 amide bonds. The first kappa shape index (κ1) is 19.0. The molecule has 1 aromatic rings. The molecule has 2 aliphatic heterocycles. The molecule has 0 spiro atoms. The number of nitrogens with one attached hydrogen (secondary N) is 3. The lowest BCUT2D eigenvalue weighted by Crippen LogP contribution is -2.40. The summed E-state index contributed by atoms with van der Waals surface area (Å²) >= 11 is 5.95. The Labute approximate surface area is 159 Å². The van der Waals surface area contributed by atoms with Crippen LogP contribution < -0.4 is 20.7 Å². The molecule has 1 aromatic carbocycles. The van der Waals surface area contributed by atoms with E-state index in [1.807, 2.05) is 0 Å². The van der Waals surface area contributed by atoms with Crippen molar-refractivity contribution in [1.29, 1.82) is 0 Å². The highest BCUT2D eigenvalue weighted by molar-refractivity contribution is 6.31. The maximum absolute atomic E-state index is 12.1. The van der Waals surface area contributed by atoms with Crippen molar-refractivity contribution in [2.75, 3.05) is 19.0 Å². The number of rotatable bonds is 7. The van der Waals surface area contributed by atoms with Crippen molar-refractivity contribution in [3.63, 3.8) is 0 Å². The number of ether oxygens (including phenoxy) is 1. The van der Waals surface area contributed by atoms with Gasteiger partial charge in [-0.25, -0.2) is 0 Å². The number of halogens is 1. The predicted octanol–water partition coefficient (Wildman–Crippen LogP) is 2.71. The Bertz CT molecular complexity index is 655. The van der Waals surface area contributed by atoms with Crippen LogP contribution in [0.15, 0.2) is 18.2 Å². The van der Waals surface area contributed by atoms with Gasteiger partial charge in [-0.15, -0.1) is 0 Å². The van der Waals surface area contributed by atoms with Crippen LogP contribution in [-0.2, 0) is 9.59 Å². The predicted molar refractivity (Wildman–Crippen MR) is 102 cm³/mol. The highest BCUT2D eigenvalue weighted by Crippen LogP contribution is 2.32. The third-order valence-electron chi connectivity index (χ3n) is 5.15. The lowest BCUT2D eigenvalue weighted by Gasteiger charge is -2.28. The minimum atomic E-state index is -0.189. The van der Waals surface area contributed by atoms with Gasteiger partial charge in [0, 0.05) is 36.5 Å². The van der Waals surface area contributed by atoms with Crippen LogP contribution in [0, 0.1) is 5.92 Å². The number of benzene rings is 1. The van der Waals surface area contributed by atoms with Crippen LogP contribution >= 0.6 is 11.6 Å². The summed E-state index contributed by atoms with van der Waals surface area (Å²) in [5, 5.41) is 9.73. The van der Waals surface area contributed by atoms with Gasteiger partial charge in [0.1, 0.15) is 5.75 Å². The van der Waals surface area contributed by atoms with Crippen LogP contribution in [0.3, 0.4) is 0 Å². The van der Waals surface area contributed by atoms with E-state index in [0.29, 0.717) is 47.4 Å². The van der Waals surface area contributed by atoms with Crippen molar-refractivity contribution in [2.24, 2.45) is 5.92 Å². The Morgan fingerprint density at radius 3 is 2.65 bits per heavy atom. The molecule has 6 nitrogen and oxygen atoms in total. The third-order valence-corrected chi connectivity index (χ3v) is 5.39. The fourth-order valence-corrected chi connectivity index (χ4v) is 4.15. The zero-order valence-electron chi connectivity index (χ0n) is 15.0. The van der Waals surface area contributed by atoms with Crippen molar-refractivity contribution >= 4 is 29.1 Å². The average Bonchev–Trinajstić information content (AvgIpc) is 2.93. The number of anilines is 1. The van der Waals surface area contributed by atoms with E-state index >= 15 is 0 Å². The summed E-state index contributed by atoms with van der Waals surface area (Å²) < 4.78 is 5.20. The van der Waals surface area contributed by atoms with E-state index in [2.05, 4.69) is 16.0 Å².